The molecular formula is C10H22N2O. The van der Waals surface area contributed by atoms with Crippen LogP contribution in [0.25, 0.3) is 0 Å². The molecule has 0 saturated carbocycles. The third kappa shape index (κ3) is 4.60. The molecule has 1 N–H and O–H groups in total. The smallest absolute Gasteiger partial charge is 0.0488 e. The zero-order valence-electron chi connectivity index (χ0n) is 8.88. The Kier molecular flexibility index (Phi) is 5.35. The van der Waals surface area contributed by atoms with E-state index in [9.17, 15) is 0 Å². The minimum Gasteiger partial charge on any atom is -0.384 e. The predicted octanol–water partition coefficient (Wildman–Crippen LogP) is 0.564. The van der Waals surface area contributed by atoms with Gasteiger partial charge in [0.1, 0.15) is 0 Å². The molecule has 0 aromatic heterocycles. The van der Waals surface area contributed by atoms with Crippen molar-refractivity contribution in [3.05, 3.63) is 0 Å². The number of rotatable bonds is 5. The van der Waals surface area contributed by atoms with Crippen molar-refractivity contribution in [2.45, 2.75) is 13.3 Å². The second-order valence-electron chi connectivity index (χ2n) is 3.94. The number of ether oxygens (including phenoxy) is 1. The molecule has 0 spiro atoms. The lowest BCUT2D eigenvalue weighted by molar-refractivity contribution is 0.142. The molecule has 1 unspecified atom stereocenters. The van der Waals surface area contributed by atoms with E-state index in [1.54, 1.807) is 7.11 Å². The fourth-order valence-corrected chi connectivity index (χ4v) is 1.71. The lowest BCUT2D eigenvalue weighted by Crippen LogP contribution is -2.44. The van der Waals surface area contributed by atoms with Crippen molar-refractivity contribution < 1.29 is 4.74 Å². The van der Waals surface area contributed by atoms with E-state index in [0.717, 1.165) is 19.7 Å². The summed E-state index contributed by atoms with van der Waals surface area (Å²) in [4.78, 5) is 2.53. The van der Waals surface area contributed by atoms with Gasteiger partial charge in [0.2, 0.25) is 0 Å². The topological polar surface area (TPSA) is 24.5 Å². The molecule has 1 saturated heterocycles. The van der Waals surface area contributed by atoms with E-state index in [-0.39, 0.29) is 0 Å². The monoisotopic (exact) mass is 186 g/mol. The first kappa shape index (κ1) is 11.0. The summed E-state index contributed by atoms with van der Waals surface area (Å²) in [6, 6.07) is 0. The van der Waals surface area contributed by atoms with Crippen molar-refractivity contribution in [2.75, 3.05) is 46.4 Å². The number of nitrogens with zero attached hydrogens (tertiary/aromatic N) is 1. The first-order chi connectivity index (χ1) is 6.33. The standard InChI is InChI=1S/C10H22N2O/c1-10(9-13-2)3-6-12-7-4-11-5-8-12/h10-11H,3-9H2,1-2H3. The maximum atomic E-state index is 5.11. The summed E-state index contributed by atoms with van der Waals surface area (Å²) in [5.74, 6) is 0.694. The number of methoxy groups -OCH3 is 1. The fourth-order valence-electron chi connectivity index (χ4n) is 1.71. The Morgan fingerprint density at radius 2 is 2.08 bits per heavy atom. The summed E-state index contributed by atoms with van der Waals surface area (Å²) in [6.45, 7) is 9.10. The molecule has 3 heteroatoms. The van der Waals surface area contributed by atoms with Gasteiger partial charge >= 0.3 is 0 Å². The SMILES string of the molecule is COCC(C)CCN1CCNCC1. The Hall–Kier alpha value is -0.120. The van der Waals surface area contributed by atoms with Gasteiger partial charge < -0.3 is 15.0 Å². The quantitative estimate of drug-likeness (QED) is 0.679. The molecule has 0 aliphatic carbocycles. The highest BCUT2D eigenvalue weighted by atomic mass is 16.5. The van der Waals surface area contributed by atoms with Crippen LogP contribution in [0, 0.1) is 5.92 Å². The van der Waals surface area contributed by atoms with Gasteiger partial charge in [-0.2, -0.15) is 0 Å². The van der Waals surface area contributed by atoms with E-state index in [4.69, 9.17) is 4.74 Å². The summed E-state index contributed by atoms with van der Waals surface area (Å²) in [5.41, 5.74) is 0. The Balaban J connectivity index is 2.03. The molecule has 0 aromatic carbocycles. The summed E-state index contributed by atoms with van der Waals surface area (Å²) in [6.07, 6.45) is 1.26. The number of hydrogen-bond donors (Lipinski definition) is 1. The predicted molar refractivity (Wildman–Crippen MR) is 55.0 cm³/mol. The van der Waals surface area contributed by atoms with E-state index >= 15 is 0 Å². The van der Waals surface area contributed by atoms with Crippen LogP contribution in [0.1, 0.15) is 13.3 Å². The second kappa shape index (κ2) is 6.35. The molecule has 1 aliphatic rings. The lowest BCUT2D eigenvalue weighted by atomic mass is 10.1. The molecule has 1 fully saturated rings. The van der Waals surface area contributed by atoms with E-state index in [0.29, 0.717) is 5.92 Å². The molecule has 0 amide bonds. The number of piperazine rings is 1. The molecule has 78 valence electrons. The maximum absolute atomic E-state index is 5.11. The van der Waals surface area contributed by atoms with Gasteiger partial charge in [0.05, 0.1) is 0 Å². The van der Waals surface area contributed by atoms with Gasteiger partial charge in [0, 0.05) is 39.9 Å². The lowest BCUT2D eigenvalue weighted by Gasteiger charge is -2.28. The third-order valence-electron chi connectivity index (χ3n) is 2.60. The van der Waals surface area contributed by atoms with Crippen molar-refractivity contribution in [1.29, 1.82) is 0 Å². The van der Waals surface area contributed by atoms with Crippen LogP contribution in [-0.4, -0.2) is 51.3 Å². The molecule has 13 heavy (non-hydrogen) atoms. The first-order valence-electron chi connectivity index (χ1n) is 5.25. The number of nitrogens with one attached hydrogen (secondary N) is 1. The minimum absolute atomic E-state index is 0.694. The highest BCUT2D eigenvalue weighted by Gasteiger charge is 2.10. The molecule has 1 rings (SSSR count). The molecule has 0 radical (unpaired) electrons. The highest BCUT2D eigenvalue weighted by molar-refractivity contribution is 4.68. The summed E-state index contributed by atoms with van der Waals surface area (Å²) in [5, 5.41) is 3.36. The van der Waals surface area contributed by atoms with E-state index in [1.165, 1.54) is 26.1 Å². The van der Waals surface area contributed by atoms with Crippen LogP contribution in [-0.2, 0) is 4.74 Å². The highest BCUT2D eigenvalue weighted by Crippen LogP contribution is 2.04. The third-order valence-corrected chi connectivity index (χ3v) is 2.60. The molecule has 1 heterocycles. The molecule has 3 nitrogen and oxygen atoms in total. The molecule has 0 bridgehead atoms. The Bertz CT molecular complexity index is 124. The van der Waals surface area contributed by atoms with E-state index < -0.39 is 0 Å². The fraction of sp³-hybridized carbons (Fsp3) is 1.00. The summed E-state index contributed by atoms with van der Waals surface area (Å²) >= 11 is 0. The Morgan fingerprint density at radius 1 is 1.38 bits per heavy atom. The average Bonchev–Trinajstić information content (AvgIpc) is 2.17. The van der Waals surface area contributed by atoms with Gasteiger partial charge in [-0.3, -0.25) is 0 Å². The van der Waals surface area contributed by atoms with Gasteiger partial charge in [-0.1, -0.05) is 6.92 Å². The first-order valence-corrected chi connectivity index (χ1v) is 5.25. The minimum atomic E-state index is 0.694. The molecular weight excluding hydrogens is 164 g/mol. The van der Waals surface area contributed by atoms with Gasteiger partial charge in [-0.25, -0.2) is 0 Å². The van der Waals surface area contributed by atoms with Crippen LogP contribution in [0.4, 0.5) is 0 Å². The van der Waals surface area contributed by atoms with Crippen molar-refractivity contribution >= 4 is 0 Å². The zero-order valence-corrected chi connectivity index (χ0v) is 8.88. The second-order valence-corrected chi connectivity index (χ2v) is 3.94. The summed E-state index contributed by atoms with van der Waals surface area (Å²) < 4.78 is 5.11. The normalized spacial score (nSPS) is 21.7. The van der Waals surface area contributed by atoms with Crippen molar-refractivity contribution in [1.82, 2.24) is 10.2 Å². The van der Waals surface area contributed by atoms with Crippen molar-refractivity contribution in [3.8, 4) is 0 Å². The molecule has 1 aliphatic heterocycles. The van der Waals surface area contributed by atoms with Crippen LogP contribution in [0.2, 0.25) is 0 Å². The van der Waals surface area contributed by atoms with Gasteiger partial charge in [-0.15, -0.1) is 0 Å². The van der Waals surface area contributed by atoms with Crippen LogP contribution >= 0.6 is 0 Å². The van der Waals surface area contributed by atoms with Crippen LogP contribution in [0.3, 0.4) is 0 Å². The van der Waals surface area contributed by atoms with Crippen LogP contribution in [0.15, 0.2) is 0 Å². The van der Waals surface area contributed by atoms with Gasteiger partial charge in [-0.05, 0) is 18.9 Å². The zero-order chi connectivity index (χ0) is 9.52. The van der Waals surface area contributed by atoms with Gasteiger partial charge in [0.15, 0.2) is 0 Å². The number of hydrogen-bond acceptors (Lipinski definition) is 3. The van der Waals surface area contributed by atoms with Crippen LogP contribution in [0.5, 0.6) is 0 Å². The van der Waals surface area contributed by atoms with E-state index in [1.807, 2.05) is 0 Å². The Morgan fingerprint density at radius 3 is 2.69 bits per heavy atom. The van der Waals surface area contributed by atoms with Crippen molar-refractivity contribution in [2.24, 2.45) is 5.92 Å². The van der Waals surface area contributed by atoms with E-state index in [2.05, 4.69) is 17.1 Å². The largest absolute Gasteiger partial charge is 0.384 e. The van der Waals surface area contributed by atoms with Crippen molar-refractivity contribution in [3.63, 3.8) is 0 Å². The maximum Gasteiger partial charge on any atom is 0.0488 e. The van der Waals surface area contributed by atoms with Gasteiger partial charge in [0.25, 0.3) is 0 Å². The molecule has 0 aromatic rings. The summed E-state index contributed by atoms with van der Waals surface area (Å²) in [7, 11) is 1.78. The average molecular weight is 186 g/mol. The van der Waals surface area contributed by atoms with Crippen LogP contribution < -0.4 is 5.32 Å². The Labute approximate surface area is 81.4 Å². The molecule has 1 atom stereocenters.